The summed E-state index contributed by atoms with van der Waals surface area (Å²) in [4.78, 5) is 27.5. The van der Waals surface area contributed by atoms with Crippen molar-refractivity contribution in [3.8, 4) is 0 Å². The Morgan fingerprint density at radius 2 is 1.68 bits per heavy atom. The van der Waals surface area contributed by atoms with Crippen molar-refractivity contribution in [2.45, 2.75) is 45.8 Å². The summed E-state index contributed by atoms with van der Waals surface area (Å²) in [5.41, 5.74) is 0.0543. The van der Waals surface area contributed by atoms with Crippen molar-refractivity contribution in [2.75, 3.05) is 17.1 Å². The van der Waals surface area contributed by atoms with Gasteiger partial charge in [-0.05, 0) is 57.5 Å². The molecule has 0 aliphatic rings. The molecule has 2 aromatic rings. The zero-order valence-corrected chi connectivity index (χ0v) is 21.9. The van der Waals surface area contributed by atoms with E-state index >= 15 is 0 Å². The number of carbonyl (C=O) groups excluding carboxylic acids is 2. The molecule has 0 bridgehead atoms. The number of nitrogens with one attached hydrogen (secondary N) is 1. The maximum Gasteiger partial charge on any atom is 0.244 e. The number of carbonyl (C=O) groups is 2. The third-order valence-corrected chi connectivity index (χ3v) is 6.75. The standard InChI is InChI=1S/C23H28Cl2FN3O4S/c1-15(22(31)27-23(2,3)4)28(13-16-9-11-17(26)12-10-16)20(30)14-29(34(5,32)33)19-8-6-7-18(24)21(19)25/h6-12,15H,13-14H2,1-5H3,(H,27,31)/t15-/m1/s1. The van der Waals surface area contributed by atoms with Crippen molar-refractivity contribution in [1.29, 1.82) is 0 Å². The largest absolute Gasteiger partial charge is 0.350 e. The van der Waals surface area contributed by atoms with Gasteiger partial charge >= 0.3 is 0 Å². The first-order valence-corrected chi connectivity index (χ1v) is 13.0. The molecular formula is C23H28Cl2FN3O4S. The normalized spacial score (nSPS) is 12.7. The van der Waals surface area contributed by atoms with Gasteiger partial charge in [0.25, 0.3) is 0 Å². The lowest BCUT2D eigenvalue weighted by Crippen LogP contribution is -2.54. The zero-order chi connectivity index (χ0) is 25.8. The van der Waals surface area contributed by atoms with E-state index in [2.05, 4.69) is 5.32 Å². The van der Waals surface area contributed by atoms with E-state index in [0.29, 0.717) is 5.56 Å². The Hall–Kier alpha value is -2.36. The third kappa shape index (κ3) is 7.58. The maximum absolute atomic E-state index is 13.4. The number of anilines is 1. The molecule has 0 fully saturated rings. The highest BCUT2D eigenvalue weighted by Gasteiger charge is 2.32. The first kappa shape index (κ1) is 27.9. The Kier molecular flexibility index (Phi) is 8.96. The van der Waals surface area contributed by atoms with Gasteiger partial charge in [0.15, 0.2) is 0 Å². The Bertz CT molecular complexity index is 1150. The molecule has 2 rings (SSSR count). The Morgan fingerprint density at radius 1 is 1.09 bits per heavy atom. The summed E-state index contributed by atoms with van der Waals surface area (Å²) in [5.74, 6) is -1.52. The molecule has 0 radical (unpaired) electrons. The molecule has 2 amide bonds. The minimum absolute atomic E-state index is 0.0222. The van der Waals surface area contributed by atoms with Crippen LogP contribution in [-0.2, 0) is 26.2 Å². The SMILES string of the molecule is C[C@H](C(=O)NC(C)(C)C)N(Cc1ccc(F)cc1)C(=O)CN(c1cccc(Cl)c1Cl)S(C)(=O)=O. The highest BCUT2D eigenvalue weighted by molar-refractivity contribution is 7.92. The molecule has 0 aromatic heterocycles. The minimum atomic E-state index is -3.95. The summed E-state index contributed by atoms with van der Waals surface area (Å²) in [6.07, 6.45) is 0.942. The van der Waals surface area contributed by atoms with E-state index in [-0.39, 0.29) is 22.3 Å². The van der Waals surface area contributed by atoms with E-state index in [1.807, 2.05) is 0 Å². The van der Waals surface area contributed by atoms with Crippen LogP contribution in [0.1, 0.15) is 33.3 Å². The molecule has 0 heterocycles. The van der Waals surface area contributed by atoms with Crippen LogP contribution in [-0.4, -0.2) is 49.5 Å². The lowest BCUT2D eigenvalue weighted by molar-refractivity contribution is -0.140. The van der Waals surface area contributed by atoms with E-state index in [4.69, 9.17) is 23.2 Å². The van der Waals surface area contributed by atoms with Crippen LogP contribution in [0.2, 0.25) is 10.0 Å². The summed E-state index contributed by atoms with van der Waals surface area (Å²) < 4.78 is 39.4. The average molecular weight is 532 g/mol. The van der Waals surface area contributed by atoms with Gasteiger partial charge in [-0.15, -0.1) is 0 Å². The van der Waals surface area contributed by atoms with Gasteiger partial charge in [-0.3, -0.25) is 13.9 Å². The molecule has 0 saturated carbocycles. The molecule has 0 aliphatic carbocycles. The van der Waals surface area contributed by atoms with Crippen molar-refractivity contribution >= 4 is 50.7 Å². The second-order valence-corrected chi connectivity index (χ2v) is 11.6. The van der Waals surface area contributed by atoms with Crippen LogP contribution in [0.25, 0.3) is 0 Å². The lowest BCUT2D eigenvalue weighted by Gasteiger charge is -2.33. The van der Waals surface area contributed by atoms with Crippen LogP contribution >= 0.6 is 23.2 Å². The minimum Gasteiger partial charge on any atom is -0.350 e. The number of hydrogen-bond acceptors (Lipinski definition) is 4. The summed E-state index contributed by atoms with van der Waals surface area (Å²) in [6.45, 7) is 6.29. The summed E-state index contributed by atoms with van der Waals surface area (Å²) in [6, 6.07) is 8.96. The molecule has 0 saturated heterocycles. The highest BCUT2D eigenvalue weighted by atomic mass is 35.5. The smallest absolute Gasteiger partial charge is 0.244 e. The number of benzene rings is 2. The Morgan fingerprint density at radius 3 is 2.21 bits per heavy atom. The molecule has 11 heteroatoms. The molecule has 186 valence electrons. The summed E-state index contributed by atoms with van der Waals surface area (Å²) >= 11 is 12.3. The van der Waals surface area contributed by atoms with Crippen LogP contribution < -0.4 is 9.62 Å². The first-order valence-electron chi connectivity index (χ1n) is 10.4. The number of amides is 2. The van der Waals surface area contributed by atoms with Crippen LogP contribution in [0, 0.1) is 5.82 Å². The highest BCUT2D eigenvalue weighted by Crippen LogP contribution is 2.33. The molecular weight excluding hydrogens is 504 g/mol. The number of halogens is 3. The van der Waals surface area contributed by atoms with E-state index in [1.165, 1.54) is 47.4 Å². The third-order valence-electron chi connectivity index (χ3n) is 4.81. The van der Waals surface area contributed by atoms with Crippen molar-refractivity contribution in [3.63, 3.8) is 0 Å². The van der Waals surface area contributed by atoms with Gasteiger partial charge in [-0.2, -0.15) is 0 Å². The predicted octanol–water partition coefficient (Wildman–Crippen LogP) is 4.23. The van der Waals surface area contributed by atoms with Crippen LogP contribution in [0.4, 0.5) is 10.1 Å². The molecule has 34 heavy (non-hydrogen) atoms. The van der Waals surface area contributed by atoms with Crippen molar-refractivity contribution in [1.82, 2.24) is 10.2 Å². The number of hydrogen-bond donors (Lipinski definition) is 1. The van der Waals surface area contributed by atoms with Crippen molar-refractivity contribution < 1.29 is 22.4 Å². The van der Waals surface area contributed by atoms with E-state index in [1.54, 1.807) is 27.7 Å². The van der Waals surface area contributed by atoms with E-state index in [0.717, 1.165) is 10.6 Å². The van der Waals surface area contributed by atoms with Gasteiger partial charge < -0.3 is 10.2 Å². The maximum atomic E-state index is 13.4. The quantitative estimate of drug-likeness (QED) is 0.552. The number of sulfonamides is 1. The average Bonchev–Trinajstić information content (AvgIpc) is 2.71. The Labute approximate surface area is 209 Å². The summed E-state index contributed by atoms with van der Waals surface area (Å²) in [5, 5.41) is 2.92. The predicted molar refractivity (Wildman–Crippen MR) is 133 cm³/mol. The van der Waals surface area contributed by atoms with Gasteiger partial charge in [-0.25, -0.2) is 12.8 Å². The van der Waals surface area contributed by atoms with E-state index < -0.39 is 45.8 Å². The fraction of sp³-hybridized carbons (Fsp3) is 0.391. The second-order valence-electron chi connectivity index (χ2n) is 8.91. The Balaban J connectivity index is 2.44. The van der Waals surface area contributed by atoms with Crippen molar-refractivity contribution in [2.24, 2.45) is 0 Å². The monoisotopic (exact) mass is 531 g/mol. The molecule has 0 unspecified atom stereocenters. The fourth-order valence-electron chi connectivity index (χ4n) is 3.12. The molecule has 0 spiro atoms. The van der Waals surface area contributed by atoms with Crippen molar-refractivity contribution in [3.05, 3.63) is 63.9 Å². The van der Waals surface area contributed by atoms with Gasteiger partial charge in [0.1, 0.15) is 18.4 Å². The van der Waals surface area contributed by atoms with E-state index in [9.17, 15) is 22.4 Å². The fourth-order valence-corrected chi connectivity index (χ4v) is 4.43. The van der Waals surface area contributed by atoms with Gasteiger partial charge in [0, 0.05) is 12.1 Å². The van der Waals surface area contributed by atoms with Crippen LogP contribution in [0.3, 0.4) is 0 Å². The van der Waals surface area contributed by atoms with Gasteiger partial charge in [-0.1, -0.05) is 41.4 Å². The molecule has 1 N–H and O–H groups in total. The summed E-state index contributed by atoms with van der Waals surface area (Å²) in [7, 11) is -3.95. The first-order chi connectivity index (χ1) is 15.6. The molecule has 7 nitrogen and oxygen atoms in total. The number of nitrogens with zero attached hydrogens (tertiary/aromatic N) is 2. The molecule has 2 aromatic carbocycles. The topological polar surface area (TPSA) is 86.8 Å². The molecule has 0 aliphatic heterocycles. The lowest BCUT2D eigenvalue weighted by atomic mass is 10.1. The van der Waals surface area contributed by atoms with Crippen LogP contribution in [0.5, 0.6) is 0 Å². The van der Waals surface area contributed by atoms with Gasteiger partial charge in [0.05, 0.1) is 22.0 Å². The van der Waals surface area contributed by atoms with Gasteiger partial charge in [0.2, 0.25) is 21.8 Å². The zero-order valence-electron chi connectivity index (χ0n) is 19.6. The second kappa shape index (κ2) is 10.9. The van der Waals surface area contributed by atoms with Crippen LogP contribution in [0.15, 0.2) is 42.5 Å². The molecule has 1 atom stereocenters. The number of rotatable bonds is 8.